The molecule has 10 heteroatoms. The van der Waals surface area contributed by atoms with Crippen LogP contribution in [0, 0.1) is 0 Å². The summed E-state index contributed by atoms with van der Waals surface area (Å²) in [5.41, 5.74) is -0.481. The Kier molecular flexibility index (Phi) is 5.52. The number of benzene rings is 2. The van der Waals surface area contributed by atoms with Crippen LogP contribution in [0.15, 0.2) is 64.4 Å². The molecule has 0 aliphatic heterocycles. The number of hydrogen-bond acceptors (Lipinski definition) is 6. The van der Waals surface area contributed by atoms with E-state index in [-0.39, 0.29) is 22.4 Å². The van der Waals surface area contributed by atoms with Crippen molar-refractivity contribution in [2.75, 3.05) is 20.7 Å². The number of para-hydroxylation sites is 1. The van der Waals surface area contributed by atoms with Crippen molar-refractivity contribution in [3.63, 3.8) is 0 Å². The van der Waals surface area contributed by atoms with Crippen molar-refractivity contribution in [2.24, 2.45) is 0 Å². The van der Waals surface area contributed by atoms with Crippen LogP contribution in [-0.2, 0) is 24.8 Å². The van der Waals surface area contributed by atoms with Crippen LogP contribution in [0.1, 0.15) is 17.4 Å². The summed E-state index contributed by atoms with van der Waals surface area (Å²) in [5.74, 6) is -1.04. The van der Waals surface area contributed by atoms with E-state index in [2.05, 4.69) is 0 Å². The van der Waals surface area contributed by atoms with Crippen LogP contribution in [0.2, 0.25) is 0 Å². The van der Waals surface area contributed by atoms with Crippen molar-refractivity contribution in [3.8, 4) is 0 Å². The van der Waals surface area contributed by atoms with Crippen molar-refractivity contribution in [1.82, 2.24) is 8.28 Å². The van der Waals surface area contributed by atoms with E-state index < -0.39 is 36.6 Å². The Labute approximate surface area is 169 Å². The summed E-state index contributed by atoms with van der Waals surface area (Å²) in [6, 6.07) is 13.5. The number of carbonyl (C=O) groups excluding carboxylic acids is 1. The molecule has 0 bridgehead atoms. The van der Waals surface area contributed by atoms with Gasteiger partial charge < -0.3 is 4.74 Å². The Morgan fingerprint density at radius 2 is 1.55 bits per heavy atom. The predicted molar refractivity (Wildman–Crippen MR) is 108 cm³/mol. The highest BCUT2D eigenvalue weighted by Gasteiger charge is 2.37. The van der Waals surface area contributed by atoms with Gasteiger partial charge in [0.25, 0.3) is 10.0 Å². The third-order valence-corrected chi connectivity index (χ3v) is 7.89. The third kappa shape index (κ3) is 3.43. The minimum Gasteiger partial charge on any atom is -0.461 e. The maximum atomic E-state index is 13.4. The zero-order chi connectivity index (χ0) is 21.4. The van der Waals surface area contributed by atoms with Gasteiger partial charge >= 0.3 is 5.97 Å². The topological polar surface area (TPSA) is 103 Å². The van der Waals surface area contributed by atoms with Crippen LogP contribution in [0.3, 0.4) is 0 Å². The fourth-order valence-electron chi connectivity index (χ4n) is 2.95. The summed E-state index contributed by atoms with van der Waals surface area (Å²) in [6.07, 6.45) is 0. The van der Waals surface area contributed by atoms with Crippen LogP contribution in [-0.4, -0.2) is 51.8 Å². The maximum absolute atomic E-state index is 13.4. The molecule has 0 aliphatic rings. The minimum atomic E-state index is -4.29. The fraction of sp³-hybridized carbons (Fsp3) is 0.211. The number of aromatic nitrogens is 1. The van der Waals surface area contributed by atoms with Crippen LogP contribution in [0.4, 0.5) is 0 Å². The molecule has 0 unspecified atom stereocenters. The number of nitrogens with zero attached hydrogens (tertiary/aromatic N) is 2. The van der Waals surface area contributed by atoms with E-state index in [4.69, 9.17) is 4.74 Å². The first-order valence-corrected chi connectivity index (χ1v) is 11.6. The molecule has 0 saturated heterocycles. The molecule has 0 spiro atoms. The molecule has 0 fully saturated rings. The Morgan fingerprint density at radius 1 is 0.966 bits per heavy atom. The van der Waals surface area contributed by atoms with E-state index in [0.717, 1.165) is 8.28 Å². The third-order valence-electron chi connectivity index (χ3n) is 4.27. The number of carbonyl (C=O) groups is 1. The first-order chi connectivity index (χ1) is 13.6. The van der Waals surface area contributed by atoms with Crippen LogP contribution < -0.4 is 0 Å². The number of fused-ring (bicyclic) bond motifs is 1. The average Bonchev–Trinajstić information content (AvgIpc) is 3.05. The summed E-state index contributed by atoms with van der Waals surface area (Å²) in [5, 5.41) is 0.115. The van der Waals surface area contributed by atoms with E-state index in [1.807, 2.05) is 0 Å². The summed E-state index contributed by atoms with van der Waals surface area (Å²) in [7, 11) is -5.85. The molecule has 0 amide bonds. The lowest BCUT2D eigenvalue weighted by molar-refractivity contribution is 0.0514. The number of esters is 1. The number of sulfonamides is 1. The molecule has 8 nitrogen and oxygen atoms in total. The second-order valence-corrected chi connectivity index (χ2v) is 10.2. The van der Waals surface area contributed by atoms with Gasteiger partial charge in [0.15, 0.2) is 5.69 Å². The van der Waals surface area contributed by atoms with Gasteiger partial charge in [0.2, 0.25) is 10.0 Å². The zero-order valence-electron chi connectivity index (χ0n) is 16.1. The molecule has 3 aromatic rings. The van der Waals surface area contributed by atoms with E-state index in [1.165, 1.54) is 38.4 Å². The molecular weight excluding hydrogens is 416 g/mol. The highest BCUT2D eigenvalue weighted by molar-refractivity contribution is 7.91. The Morgan fingerprint density at radius 3 is 2.14 bits per heavy atom. The van der Waals surface area contributed by atoms with E-state index in [0.29, 0.717) is 0 Å². The molecule has 0 radical (unpaired) electrons. The van der Waals surface area contributed by atoms with E-state index >= 15 is 0 Å². The SMILES string of the molecule is CCOC(=O)c1c(S(=O)(=O)N(C)C)c2ccccc2n1S(=O)(=O)c1ccccc1. The molecule has 29 heavy (non-hydrogen) atoms. The highest BCUT2D eigenvalue weighted by Crippen LogP contribution is 2.35. The van der Waals surface area contributed by atoms with Crippen LogP contribution in [0.5, 0.6) is 0 Å². The number of hydrogen-bond donors (Lipinski definition) is 0. The van der Waals surface area contributed by atoms with Crippen molar-refractivity contribution in [1.29, 1.82) is 0 Å². The molecular formula is C19H20N2O6S2. The van der Waals surface area contributed by atoms with Gasteiger partial charge in [-0.3, -0.25) is 0 Å². The smallest absolute Gasteiger partial charge is 0.357 e. The Bertz CT molecular complexity index is 1280. The van der Waals surface area contributed by atoms with Crippen LogP contribution >= 0.6 is 0 Å². The normalized spacial score (nSPS) is 12.4. The van der Waals surface area contributed by atoms with Gasteiger partial charge in [-0.2, -0.15) is 0 Å². The maximum Gasteiger partial charge on any atom is 0.357 e. The van der Waals surface area contributed by atoms with Crippen molar-refractivity contribution >= 4 is 36.9 Å². The second-order valence-electron chi connectivity index (χ2n) is 6.29. The predicted octanol–water partition coefficient (Wildman–Crippen LogP) is 2.31. The molecule has 0 N–H and O–H groups in total. The molecule has 2 aromatic carbocycles. The molecule has 0 aliphatic carbocycles. The lowest BCUT2D eigenvalue weighted by atomic mass is 10.2. The number of rotatable bonds is 6. The molecule has 1 aromatic heterocycles. The van der Waals surface area contributed by atoms with Gasteiger partial charge in [-0.05, 0) is 25.1 Å². The van der Waals surface area contributed by atoms with Crippen LogP contribution in [0.25, 0.3) is 10.9 Å². The quantitative estimate of drug-likeness (QED) is 0.550. The Balaban J connectivity index is 2.55. The molecule has 1 heterocycles. The average molecular weight is 437 g/mol. The highest BCUT2D eigenvalue weighted by atomic mass is 32.2. The van der Waals surface area contributed by atoms with Crippen molar-refractivity contribution < 1.29 is 26.4 Å². The molecule has 0 atom stereocenters. The molecule has 0 saturated carbocycles. The largest absolute Gasteiger partial charge is 0.461 e. The van der Waals surface area contributed by atoms with E-state index in [9.17, 15) is 21.6 Å². The van der Waals surface area contributed by atoms with Gasteiger partial charge in [-0.25, -0.2) is 29.9 Å². The van der Waals surface area contributed by atoms with Gasteiger partial charge in [-0.15, -0.1) is 0 Å². The summed E-state index contributed by atoms with van der Waals surface area (Å²) in [4.78, 5) is 12.3. The van der Waals surface area contributed by atoms with Gasteiger partial charge in [-0.1, -0.05) is 36.4 Å². The first kappa shape index (κ1) is 21.0. The standard InChI is InChI=1S/C19H20N2O6S2/c1-4-27-19(22)17-18(29(25,26)20(2)3)15-12-8-9-13-16(15)21(17)28(23,24)14-10-6-5-7-11-14/h5-13H,4H2,1-3H3. The number of ether oxygens (including phenoxy) is 1. The fourth-order valence-corrected chi connectivity index (χ4v) is 5.78. The minimum absolute atomic E-state index is 0.0484. The molecule has 3 rings (SSSR count). The monoisotopic (exact) mass is 436 g/mol. The van der Waals surface area contributed by atoms with Crippen molar-refractivity contribution in [3.05, 3.63) is 60.3 Å². The van der Waals surface area contributed by atoms with Gasteiger partial charge in [0.05, 0.1) is 17.0 Å². The Hall–Kier alpha value is -2.69. The molecule has 154 valence electrons. The lowest BCUT2D eigenvalue weighted by Gasteiger charge is -2.14. The van der Waals surface area contributed by atoms with E-state index in [1.54, 1.807) is 37.3 Å². The summed E-state index contributed by atoms with van der Waals surface area (Å²) >= 11 is 0. The van der Waals surface area contributed by atoms with Gasteiger partial charge in [0.1, 0.15) is 4.90 Å². The lowest BCUT2D eigenvalue weighted by Crippen LogP contribution is -2.26. The van der Waals surface area contributed by atoms with Crippen molar-refractivity contribution in [2.45, 2.75) is 16.7 Å². The summed E-state index contributed by atoms with van der Waals surface area (Å²) in [6.45, 7) is 1.50. The first-order valence-electron chi connectivity index (χ1n) is 8.67. The zero-order valence-corrected chi connectivity index (χ0v) is 17.7. The second kappa shape index (κ2) is 7.62. The summed E-state index contributed by atoms with van der Waals surface area (Å²) < 4.78 is 59.7. The van der Waals surface area contributed by atoms with Gasteiger partial charge in [0, 0.05) is 19.5 Å².